The summed E-state index contributed by atoms with van der Waals surface area (Å²) in [7, 11) is 0. The van der Waals surface area contributed by atoms with E-state index in [1.54, 1.807) is 0 Å². The van der Waals surface area contributed by atoms with Crippen molar-refractivity contribution in [2.45, 2.75) is 46.2 Å². The van der Waals surface area contributed by atoms with E-state index in [9.17, 15) is 5.11 Å². The zero-order chi connectivity index (χ0) is 13.3. The average molecular weight is 246 g/mol. The maximum atomic E-state index is 9.50. The molecule has 104 valence electrons. The highest BCUT2D eigenvalue weighted by Crippen LogP contribution is 2.11. The van der Waals surface area contributed by atoms with Gasteiger partial charge in [0.1, 0.15) is 0 Å². The van der Waals surface area contributed by atoms with Gasteiger partial charge in [-0.2, -0.15) is 0 Å². The maximum Gasteiger partial charge on any atom is 0.0601 e. The van der Waals surface area contributed by atoms with Crippen LogP contribution in [-0.4, -0.2) is 55.0 Å². The van der Waals surface area contributed by atoms with Gasteiger partial charge in [-0.15, -0.1) is 0 Å². The van der Waals surface area contributed by atoms with Gasteiger partial charge in [-0.1, -0.05) is 20.8 Å². The molecule has 2 unspecified atom stereocenters. The summed E-state index contributed by atoms with van der Waals surface area (Å²) in [5.41, 5.74) is 6.17. The molecule has 3 N–H and O–H groups in total. The lowest BCUT2D eigenvalue weighted by Gasteiger charge is -2.34. The Morgan fingerprint density at radius 2 is 1.94 bits per heavy atom. The average Bonchev–Trinajstić information content (AvgIpc) is 2.27. The summed E-state index contributed by atoms with van der Waals surface area (Å²) in [5.74, 6) is 0.560. The van der Waals surface area contributed by atoms with Gasteiger partial charge in [0.2, 0.25) is 0 Å². The lowest BCUT2D eigenvalue weighted by atomic mass is 9.97. The Hall–Kier alpha value is -0.160. The number of aliphatic hydroxyl groups excluding tert-OH is 1. The topological polar surface area (TPSA) is 58.7 Å². The van der Waals surface area contributed by atoms with Gasteiger partial charge in [-0.3, -0.25) is 4.90 Å². The van der Waals surface area contributed by atoms with Gasteiger partial charge in [0.25, 0.3) is 0 Å². The van der Waals surface area contributed by atoms with Crippen molar-refractivity contribution < 1.29 is 9.84 Å². The van der Waals surface area contributed by atoms with Crippen molar-refractivity contribution in [3.8, 4) is 0 Å². The van der Waals surface area contributed by atoms with Crippen LogP contribution in [0.3, 0.4) is 0 Å². The van der Waals surface area contributed by atoms with Gasteiger partial charge in [-0.05, 0) is 25.8 Å². The molecule has 0 saturated carbocycles. The Kier molecular flexibility index (Phi) is 9.74. The molecule has 0 aromatic carbocycles. The fraction of sp³-hybridized carbons (Fsp3) is 1.00. The highest BCUT2D eigenvalue weighted by molar-refractivity contribution is 4.82. The number of ether oxygens (including phenoxy) is 1. The lowest BCUT2D eigenvalue weighted by molar-refractivity contribution is 0.0619. The molecule has 0 radical (unpaired) electrons. The number of hydrogen-bond donors (Lipinski definition) is 2. The number of nitrogens with two attached hydrogens (primary N) is 1. The van der Waals surface area contributed by atoms with Crippen LogP contribution < -0.4 is 5.73 Å². The number of nitrogens with zero attached hydrogens (tertiary/aromatic N) is 1. The van der Waals surface area contributed by atoms with E-state index in [-0.39, 0.29) is 18.7 Å². The van der Waals surface area contributed by atoms with E-state index in [2.05, 4.69) is 25.7 Å². The number of likely N-dealkylation sites (N-methyl/N-ethyl adjacent to an activating group) is 1. The largest absolute Gasteiger partial charge is 0.395 e. The van der Waals surface area contributed by atoms with Crippen LogP contribution in [0.2, 0.25) is 0 Å². The van der Waals surface area contributed by atoms with E-state index in [1.807, 2.05) is 6.92 Å². The number of hydrogen-bond acceptors (Lipinski definition) is 4. The Morgan fingerprint density at radius 3 is 2.35 bits per heavy atom. The minimum Gasteiger partial charge on any atom is -0.395 e. The van der Waals surface area contributed by atoms with Crippen molar-refractivity contribution in [1.82, 2.24) is 4.90 Å². The van der Waals surface area contributed by atoms with Crippen LogP contribution in [0.4, 0.5) is 0 Å². The molecule has 0 aliphatic carbocycles. The second-order valence-electron chi connectivity index (χ2n) is 4.87. The Morgan fingerprint density at radius 1 is 1.29 bits per heavy atom. The third-order valence-corrected chi connectivity index (χ3v) is 3.03. The van der Waals surface area contributed by atoms with E-state index < -0.39 is 0 Å². The van der Waals surface area contributed by atoms with Gasteiger partial charge in [0, 0.05) is 25.2 Å². The third-order valence-electron chi connectivity index (χ3n) is 3.03. The Balaban J connectivity index is 4.25. The minimum atomic E-state index is 0.0292. The zero-order valence-corrected chi connectivity index (χ0v) is 11.9. The second kappa shape index (κ2) is 9.83. The summed E-state index contributed by atoms with van der Waals surface area (Å²) in [6.07, 6.45) is 0.941. The molecule has 4 nitrogen and oxygen atoms in total. The molecule has 0 bridgehead atoms. The fourth-order valence-electron chi connectivity index (χ4n) is 2.11. The molecule has 17 heavy (non-hydrogen) atoms. The summed E-state index contributed by atoms with van der Waals surface area (Å²) in [4.78, 5) is 2.21. The normalized spacial score (nSPS) is 15.5. The molecule has 0 rings (SSSR count). The van der Waals surface area contributed by atoms with Gasteiger partial charge >= 0.3 is 0 Å². The van der Waals surface area contributed by atoms with Crippen LogP contribution in [0.15, 0.2) is 0 Å². The first-order chi connectivity index (χ1) is 8.06. The first-order valence-electron chi connectivity index (χ1n) is 6.74. The fourth-order valence-corrected chi connectivity index (χ4v) is 2.11. The molecule has 0 heterocycles. The van der Waals surface area contributed by atoms with Gasteiger partial charge in [0.15, 0.2) is 0 Å². The molecule has 0 saturated heterocycles. The van der Waals surface area contributed by atoms with Crippen molar-refractivity contribution in [3.63, 3.8) is 0 Å². The molecule has 0 aliphatic rings. The van der Waals surface area contributed by atoms with Gasteiger partial charge in [0.05, 0.1) is 13.2 Å². The molecule has 0 spiro atoms. The van der Waals surface area contributed by atoms with E-state index in [0.29, 0.717) is 12.5 Å². The van der Waals surface area contributed by atoms with Crippen LogP contribution in [0.5, 0.6) is 0 Å². The number of aliphatic hydroxyl groups is 1. The maximum absolute atomic E-state index is 9.50. The quantitative estimate of drug-likeness (QED) is 0.566. The Bertz CT molecular complexity index is 177. The summed E-state index contributed by atoms with van der Waals surface area (Å²) < 4.78 is 5.36. The third kappa shape index (κ3) is 6.99. The second-order valence-corrected chi connectivity index (χ2v) is 4.87. The molecule has 0 fully saturated rings. The molecule has 0 aliphatic heterocycles. The predicted octanol–water partition coefficient (Wildman–Crippen LogP) is 1.08. The molecule has 0 amide bonds. The van der Waals surface area contributed by atoms with Crippen molar-refractivity contribution in [2.24, 2.45) is 11.7 Å². The van der Waals surface area contributed by atoms with Crippen LogP contribution in [0, 0.1) is 5.92 Å². The highest BCUT2D eigenvalue weighted by Gasteiger charge is 2.23. The SMILES string of the molecule is CCOCCN(CC)C(CO)C(N)CC(C)C. The van der Waals surface area contributed by atoms with E-state index in [1.165, 1.54) is 0 Å². The summed E-state index contributed by atoms with van der Waals surface area (Å²) in [5, 5.41) is 9.50. The lowest BCUT2D eigenvalue weighted by Crippen LogP contribution is -2.51. The minimum absolute atomic E-state index is 0.0292. The van der Waals surface area contributed by atoms with Gasteiger partial charge in [-0.25, -0.2) is 0 Å². The molecular formula is C13H30N2O2. The van der Waals surface area contributed by atoms with Gasteiger partial charge < -0.3 is 15.6 Å². The molecule has 0 aromatic rings. The van der Waals surface area contributed by atoms with Crippen molar-refractivity contribution in [3.05, 3.63) is 0 Å². The van der Waals surface area contributed by atoms with Crippen LogP contribution >= 0.6 is 0 Å². The van der Waals surface area contributed by atoms with Crippen molar-refractivity contribution in [2.75, 3.05) is 32.9 Å². The van der Waals surface area contributed by atoms with E-state index in [0.717, 1.165) is 26.1 Å². The summed E-state index contributed by atoms with van der Waals surface area (Å²) >= 11 is 0. The first kappa shape index (κ1) is 16.8. The van der Waals surface area contributed by atoms with Crippen molar-refractivity contribution >= 4 is 0 Å². The van der Waals surface area contributed by atoms with Crippen LogP contribution in [0.1, 0.15) is 34.1 Å². The Labute approximate surface area is 106 Å². The number of rotatable bonds is 10. The summed E-state index contributed by atoms with van der Waals surface area (Å²) in [6, 6.07) is 0.0735. The standard InChI is InChI=1S/C13H30N2O2/c1-5-15(7-8-17-6-2)13(10-16)12(14)9-11(3)4/h11-13,16H,5-10,14H2,1-4H3. The highest BCUT2D eigenvalue weighted by atomic mass is 16.5. The van der Waals surface area contributed by atoms with E-state index in [4.69, 9.17) is 10.5 Å². The molecule has 4 heteroatoms. The predicted molar refractivity (Wildman–Crippen MR) is 72.0 cm³/mol. The molecule has 0 aromatic heterocycles. The monoisotopic (exact) mass is 246 g/mol. The van der Waals surface area contributed by atoms with Crippen LogP contribution in [-0.2, 0) is 4.74 Å². The molecule has 2 atom stereocenters. The summed E-state index contributed by atoms with van der Waals surface area (Å²) in [6.45, 7) is 11.7. The van der Waals surface area contributed by atoms with E-state index >= 15 is 0 Å². The molecular weight excluding hydrogens is 216 g/mol. The van der Waals surface area contributed by atoms with Crippen molar-refractivity contribution in [1.29, 1.82) is 0 Å². The van der Waals surface area contributed by atoms with Crippen LogP contribution in [0.25, 0.3) is 0 Å². The zero-order valence-electron chi connectivity index (χ0n) is 11.9. The smallest absolute Gasteiger partial charge is 0.0601 e. The first-order valence-corrected chi connectivity index (χ1v) is 6.74.